The fraction of sp³-hybridized carbons (Fsp3) is 0.222. The maximum Gasteiger partial charge on any atom is 0.407 e. The van der Waals surface area contributed by atoms with Crippen LogP contribution >= 0.6 is 23.2 Å². The van der Waals surface area contributed by atoms with Gasteiger partial charge in [-0.15, -0.1) is 0 Å². The molecule has 0 radical (unpaired) electrons. The van der Waals surface area contributed by atoms with Crippen LogP contribution in [0.3, 0.4) is 0 Å². The van der Waals surface area contributed by atoms with Gasteiger partial charge in [-0.05, 0) is 11.6 Å². The van der Waals surface area contributed by atoms with E-state index in [0.717, 1.165) is 5.56 Å². The molecule has 0 aliphatic carbocycles. The first-order valence-corrected chi connectivity index (χ1v) is 4.81. The van der Waals surface area contributed by atoms with Crippen molar-refractivity contribution in [1.82, 2.24) is 5.32 Å². The Morgan fingerprint density at radius 2 is 2.21 bits per heavy atom. The number of alkyl carbamates (subject to hydrolysis) is 1. The van der Waals surface area contributed by atoms with Crippen LogP contribution in [-0.4, -0.2) is 12.7 Å². The maximum absolute atomic E-state index is 10.8. The molecule has 5 heteroatoms. The van der Waals surface area contributed by atoms with E-state index in [1.54, 1.807) is 12.1 Å². The zero-order chi connectivity index (χ0) is 10.1. The van der Waals surface area contributed by atoms with Gasteiger partial charge < -0.3 is 10.1 Å². The Labute approximate surface area is 91.0 Å². The Hall–Kier alpha value is -0.930. The zero-order valence-corrected chi connectivity index (χ0v) is 8.60. The third-order valence-electron chi connectivity index (χ3n) is 2.03. The number of halogens is 2. The number of ether oxygens (including phenoxy) is 1. The van der Waals surface area contributed by atoms with Crippen molar-refractivity contribution in [3.05, 3.63) is 33.8 Å². The summed E-state index contributed by atoms with van der Waals surface area (Å²) in [7, 11) is 0. The molecule has 1 fully saturated rings. The summed E-state index contributed by atoms with van der Waals surface area (Å²) in [6.07, 6.45) is -0.425. The van der Waals surface area contributed by atoms with E-state index in [9.17, 15) is 4.79 Å². The third-order valence-corrected chi connectivity index (χ3v) is 2.86. The monoisotopic (exact) mass is 231 g/mol. The summed E-state index contributed by atoms with van der Waals surface area (Å²) in [6, 6.07) is 5.10. The van der Waals surface area contributed by atoms with Crippen LogP contribution in [0.4, 0.5) is 4.79 Å². The van der Waals surface area contributed by atoms with Crippen molar-refractivity contribution in [3.63, 3.8) is 0 Å². The molecule has 3 nitrogen and oxygen atoms in total. The smallest absolute Gasteiger partial charge is 0.407 e. The van der Waals surface area contributed by atoms with Crippen molar-refractivity contribution in [3.8, 4) is 0 Å². The van der Waals surface area contributed by atoms with E-state index in [1.165, 1.54) is 0 Å². The summed E-state index contributed by atoms with van der Waals surface area (Å²) in [4.78, 5) is 10.8. The average molecular weight is 232 g/mol. The second-order valence-corrected chi connectivity index (χ2v) is 3.72. The van der Waals surface area contributed by atoms with Gasteiger partial charge in [-0.3, -0.25) is 0 Å². The minimum Gasteiger partial charge on any atom is -0.447 e. The third kappa shape index (κ3) is 1.65. The van der Waals surface area contributed by atoms with Crippen molar-refractivity contribution in [2.45, 2.75) is 6.04 Å². The van der Waals surface area contributed by atoms with Gasteiger partial charge in [0.2, 0.25) is 0 Å². The standard InChI is InChI=1S/C9H7Cl2NO2/c10-6-3-1-2-5(8(6)11)7-4-14-9(13)12-7/h1-3,7H,4H2,(H,12,13)/t7-/m0/s1. The van der Waals surface area contributed by atoms with Crippen LogP contribution in [0.5, 0.6) is 0 Å². The summed E-state index contributed by atoms with van der Waals surface area (Å²) in [5, 5.41) is 3.57. The number of cyclic esters (lactones) is 1. The van der Waals surface area contributed by atoms with Gasteiger partial charge in [-0.25, -0.2) is 4.79 Å². The molecule has 0 bridgehead atoms. The largest absolute Gasteiger partial charge is 0.447 e. The van der Waals surface area contributed by atoms with Crippen LogP contribution in [0.15, 0.2) is 18.2 Å². The summed E-state index contributed by atoms with van der Waals surface area (Å²) < 4.78 is 4.76. The van der Waals surface area contributed by atoms with Gasteiger partial charge in [0, 0.05) is 0 Å². The van der Waals surface area contributed by atoms with Crippen LogP contribution < -0.4 is 5.32 Å². The minimum atomic E-state index is -0.425. The fourth-order valence-corrected chi connectivity index (χ4v) is 1.78. The molecule has 14 heavy (non-hydrogen) atoms. The molecule has 1 aromatic carbocycles. The van der Waals surface area contributed by atoms with Gasteiger partial charge in [0.25, 0.3) is 0 Å². The number of hydrogen-bond donors (Lipinski definition) is 1. The summed E-state index contributed by atoms with van der Waals surface area (Å²) in [5.41, 5.74) is 0.782. The summed E-state index contributed by atoms with van der Waals surface area (Å²) in [6.45, 7) is 0.291. The van der Waals surface area contributed by atoms with Gasteiger partial charge in [-0.2, -0.15) is 0 Å². The van der Waals surface area contributed by atoms with Crippen LogP contribution in [0.25, 0.3) is 0 Å². The highest BCUT2D eigenvalue weighted by Crippen LogP contribution is 2.31. The lowest BCUT2D eigenvalue weighted by atomic mass is 10.1. The highest BCUT2D eigenvalue weighted by molar-refractivity contribution is 6.42. The predicted octanol–water partition coefficient (Wildman–Crippen LogP) is 2.77. The molecule has 1 atom stereocenters. The summed E-state index contributed by atoms with van der Waals surface area (Å²) >= 11 is 11.8. The van der Waals surface area contributed by atoms with Gasteiger partial charge >= 0.3 is 6.09 Å². The molecule has 1 aliphatic heterocycles. The van der Waals surface area contributed by atoms with Gasteiger partial charge in [0.1, 0.15) is 6.61 Å². The molecule has 1 heterocycles. The lowest BCUT2D eigenvalue weighted by molar-refractivity contribution is 0.177. The van der Waals surface area contributed by atoms with E-state index in [2.05, 4.69) is 5.32 Å². The molecule has 2 rings (SSSR count). The first-order chi connectivity index (χ1) is 6.68. The molecule has 0 spiro atoms. The molecule has 74 valence electrons. The van der Waals surface area contributed by atoms with Crippen LogP contribution in [0.2, 0.25) is 10.0 Å². The number of amides is 1. The number of benzene rings is 1. The normalized spacial score (nSPS) is 20.4. The quantitative estimate of drug-likeness (QED) is 0.808. The van der Waals surface area contributed by atoms with Crippen LogP contribution in [-0.2, 0) is 4.74 Å². The Bertz CT molecular complexity index is 381. The highest BCUT2D eigenvalue weighted by Gasteiger charge is 2.25. The number of carbonyl (C=O) groups is 1. The van der Waals surface area contributed by atoms with Gasteiger partial charge in [-0.1, -0.05) is 35.3 Å². The average Bonchev–Trinajstić information content (AvgIpc) is 2.57. The fourth-order valence-electron chi connectivity index (χ4n) is 1.34. The number of carbonyl (C=O) groups excluding carboxylic acids is 1. The summed E-state index contributed by atoms with van der Waals surface area (Å²) in [5.74, 6) is 0. The molecule has 1 aliphatic rings. The zero-order valence-electron chi connectivity index (χ0n) is 7.09. The van der Waals surface area contributed by atoms with Crippen molar-refractivity contribution >= 4 is 29.3 Å². The molecular formula is C9H7Cl2NO2. The highest BCUT2D eigenvalue weighted by atomic mass is 35.5. The lowest BCUT2D eigenvalue weighted by Gasteiger charge is -2.10. The Balaban J connectivity index is 2.32. The Morgan fingerprint density at radius 1 is 1.43 bits per heavy atom. The van der Waals surface area contributed by atoms with E-state index in [1.807, 2.05) is 6.07 Å². The van der Waals surface area contributed by atoms with Crippen molar-refractivity contribution in [2.24, 2.45) is 0 Å². The molecule has 0 saturated carbocycles. The number of hydrogen-bond acceptors (Lipinski definition) is 2. The molecule has 1 amide bonds. The SMILES string of the molecule is O=C1N[C@H](c2cccc(Cl)c2Cl)CO1. The number of nitrogens with one attached hydrogen (secondary N) is 1. The second-order valence-electron chi connectivity index (χ2n) is 2.94. The Morgan fingerprint density at radius 3 is 2.86 bits per heavy atom. The van der Waals surface area contributed by atoms with Crippen molar-refractivity contribution < 1.29 is 9.53 Å². The molecule has 0 aromatic heterocycles. The van der Waals surface area contributed by atoms with E-state index >= 15 is 0 Å². The first-order valence-electron chi connectivity index (χ1n) is 4.05. The topological polar surface area (TPSA) is 38.3 Å². The van der Waals surface area contributed by atoms with E-state index in [4.69, 9.17) is 27.9 Å². The van der Waals surface area contributed by atoms with Gasteiger partial charge in [0.05, 0.1) is 16.1 Å². The van der Waals surface area contributed by atoms with E-state index in [0.29, 0.717) is 16.7 Å². The van der Waals surface area contributed by atoms with Crippen molar-refractivity contribution in [1.29, 1.82) is 0 Å². The van der Waals surface area contributed by atoms with Crippen LogP contribution in [0.1, 0.15) is 11.6 Å². The van der Waals surface area contributed by atoms with E-state index < -0.39 is 6.09 Å². The van der Waals surface area contributed by atoms with Crippen LogP contribution in [0, 0.1) is 0 Å². The lowest BCUT2D eigenvalue weighted by Crippen LogP contribution is -2.18. The van der Waals surface area contributed by atoms with Gasteiger partial charge in [0.15, 0.2) is 0 Å². The molecule has 0 unspecified atom stereocenters. The predicted molar refractivity (Wildman–Crippen MR) is 53.7 cm³/mol. The van der Waals surface area contributed by atoms with Crippen molar-refractivity contribution in [2.75, 3.05) is 6.61 Å². The molecular weight excluding hydrogens is 225 g/mol. The van der Waals surface area contributed by atoms with E-state index in [-0.39, 0.29) is 6.04 Å². The second kappa shape index (κ2) is 3.67. The maximum atomic E-state index is 10.8. The first kappa shape index (κ1) is 9.62. The molecule has 1 aromatic rings. The Kier molecular flexibility index (Phi) is 2.52. The molecule has 1 N–H and O–H groups in total. The molecule has 1 saturated heterocycles. The number of rotatable bonds is 1. The minimum absolute atomic E-state index is 0.200.